The fourth-order valence-electron chi connectivity index (χ4n) is 2.90. The van der Waals surface area contributed by atoms with E-state index in [-0.39, 0.29) is 5.97 Å². The Hall–Kier alpha value is -0.610. The van der Waals surface area contributed by atoms with Gasteiger partial charge in [0.15, 0.2) is 0 Å². The molecule has 2 atom stereocenters. The number of unbranched alkanes of at least 4 members (excludes halogenated alkanes) is 10. The monoisotopic (exact) mass is 344 g/mol. The minimum absolute atomic E-state index is 0.205. The van der Waals surface area contributed by atoms with Gasteiger partial charge in [0.1, 0.15) is 0 Å². The van der Waals surface area contributed by atoms with Crippen LogP contribution in [0.25, 0.3) is 0 Å². The molecule has 144 valence electrons. The van der Waals surface area contributed by atoms with Crippen LogP contribution in [0.4, 0.5) is 0 Å². The molecule has 24 heavy (non-hydrogen) atoms. The molecule has 0 radical (unpaired) electrons. The molecular formula is C20H40O4. The van der Waals surface area contributed by atoms with Gasteiger partial charge < -0.3 is 14.9 Å². The van der Waals surface area contributed by atoms with Crippen LogP contribution in [0, 0.1) is 0 Å². The van der Waals surface area contributed by atoms with Gasteiger partial charge in [-0.2, -0.15) is 0 Å². The van der Waals surface area contributed by atoms with Crippen molar-refractivity contribution in [1.82, 2.24) is 0 Å². The first kappa shape index (κ1) is 23.4. The smallest absolute Gasteiger partial charge is 0.302 e. The molecule has 0 aliphatic rings. The summed E-state index contributed by atoms with van der Waals surface area (Å²) in [5.41, 5.74) is 0. The highest BCUT2D eigenvalue weighted by Gasteiger charge is 2.15. The molecule has 2 N–H and O–H groups in total. The summed E-state index contributed by atoms with van der Waals surface area (Å²) in [5, 5.41) is 20.0. The number of rotatable bonds is 17. The minimum Gasteiger partial charge on any atom is -0.466 e. The van der Waals surface area contributed by atoms with Gasteiger partial charge in [0.05, 0.1) is 18.8 Å². The third kappa shape index (κ3) is 16.3. The molecule has 0 aliphatic heterocycles. The van der Waals surface area contributed by atoms with E-state index in [2.05, 4.69) is 6.92 Å². The van der Waals surface area contributed by atoms with Gasteiger partial charge >= 0.3 is 5.97 Å². The minimum atomic E-state index is -0.565. The van der Waals surface area contributed by atoms with Crippen LogP contribution >= 0.6 is 0 Å². The Morgan fingerprint density at radius 1 is 0.750 bits per heavy atom. The van der Waals surface area contributed by atoms with E-state index < -0.39 is 12.2 Å². The molecule has 0 aromatic rings. The molecule has 0 spiro atoms. The van der Waals surface area contributed by atoms with Gasteiger partial charge in [-0.15, -0.1) is 0 Å². The molecule has 4 heteroatoms. The molecular weight excluding hydrogens is 304 g/mol. The SMILES string of the molecule is CCCCCCCCC(O)C(O)CCCCCCCCOC(C)=O. The van der Waals surface area contributed by atoms with Gasteiger partial charge in [-0.1, -0.05) is 77.6 Å². The zero-order valence-electron chi connectivity index (χ0n) is 16.0. The maximum atomic E-state index is 10.6. The van der Waals surface area contributed by atoms with Gasteiger partial charge in [-0.3, -0.25) is 4.79 Å². The van der Waals surface area contributed by atoms with E-state index in [0.717, 1.165) is 57.8 Å². The number of aliphatic hydroxyl groups excluding tert-OH is 2. The lowest BCUT2D eigenvalue weighted by atomic mass is 9.99. The first-order valence-corrected chi connectivity index (χ1v) is 10.1. The van der Waals surface area contributed by atoms with E-state index in [1.54, 1.807) is 0 Å². The molecule has 0 aliphatic carbocycles. The topological polar surface area (TPSA) is 66.8 Å². The Morgan fingerprint density at radius 3 is 1.62 bits per heavy atom. The molecule has 0 fully saturated rings. The number of esters is 1. The highest BCUT2D eigenvalue weighted by atomic mass is 16.5. The van der Waals surface area contributed by atoms with Crippen molar-refractivity contribution in [3.63, 3.8) is 0 Å². The normalized spacial score (nSPS) is 13.7. The van der Waals surface area contributed by atoms with E-state index >= 15 is 0 Å². The van der Waals surface area contributed by atoms with Crippen molar-refractivity contribution in [2.75, 3.05) is 6.61 Å². The van der Waals surface area contributed by atoms with Crippen LogP contribution in [0.15, 0.2) is 0 Å². The summed E-state index contributed by atoms with van der Waals surface area (Å²) in [6, 6.07) is 0. The van der Waals surface area contributed by atoms with Crippen LogP contribution in [0.2, 0.25) is 0 Å². The Kier molecular flexibility index (Phi) is 16.8. The van der Waals surface area contributed by atoms with Crippen molar-refractivity contribution in [1.29, 1.82) is 0 Å². The summed E-state index contributed by atoms with van der Waals surface area (Å²) >= 11 is 0. The van der Waals surface area contributed by atoms with Crippen molar-refractivity contribution in [3.05, 3.63) is 0 Å². The molecule has 2 unspecified atom stereocenters. The van der Waals surface area contributed by atoms with Crippen molar-refractivity contribution >= 4 is 5.97 Å². The fourth-order valence-corrected chi connectivity index (χ4v) is 2.90. The average Bonchev–Trinajstić information content (AvgIpc) is 2.55. The lowest BCUT2D eigenvalue weighted by Gasteiger charge is -2.17. The highest BCUT2D eigenvalue weighted by molar-refractivity contribution is 5.65. The fraction of sp³-hybridized carbons (Fsp3) is 0.950. The van der Waals surface area contributed by atoms with Crippen LogP contribution in [0.3, 0.4) is 0 Å². The second-order valence-electron chi connectivity index (χ2n) is 6.94. The Balaban J connectivity index is 3.35. The predicted molar refractivity (Wildman–Crippen MR) is 99.0 cm³/mol. The van der Waals surface area contributed by atoms with Crippen LogP contribution < -0.4 is 0 Å². The lowest BCUT2D eigenvalue weighted by molar-refractivity contribution is -0.141. The number of carbonyl (C=O) groups excluding carboxylic acids is 1. The second-order valence-corrected chi connectivity index (χ2v) is 6.94. The first-order chi connectivity index (χ1) is 11.6. The average molecular weight is 345 g/mol. The second kappa shape index (κ2) is 17.2. The third-order valence-electron chi connectivity index (χ3n) is 4.50. The summed E-state index contributed by atoms with van der Waals surface area (Å²) in [5.74, 6) is -0.205. The summed E-state index contributed by atoms with van der Waals surface area (Å²) in [6.45, 7) is 4.17. The first-order valence-electron chi connectivity index (χ1n) is 10.1. The zero-order chi connectivity index (χ0) is 18.0. The van der Waals surface area contributed by atoms with Gasteiger partial charge in [0.25, 0.3) is 0 Å². The molecule has 0 saturated carbocycles. The highest BCUT2D eigenvalue weighted by Crippen LogP contribution is 2.15. The van der Waals surface area contributed by atoms with E-state index in [9.17, 15) is 15.0 Å². The van der Waals surface area contributed by atoms with Gasteiger partial charge in [-0.05, 0) is 19.3 Å². The van der Waals surface area contributed by atoms with E-state index in [1.807, 2.05) is 0 Å². The zero-order valence-corrected chi connectivity index (χ0v) is 16.0. The van der Waals surface area contributed by atoms with E-state index in [0.29, 0.717) is 13.0 Å². The Bertz CT molecular complexity index is 281. The van der Waals surface area contributed by atoms with Crippen molar-refractivity contribution in [2.45, 2.75) is 116 Å². The molecule has 0 saturated heterocycles. The van der Waals surface area contributed by atoms with Crippen molar-refractivity contribution in [2.24, 2.45) is 0 Å². The number of ether oxygens (including phenoxy) is 1. The summed E-state index contributed by atoms with van der Waals surface area (Å²) in [6.07, 6.45) is 13.9. The van der Waals surface area contributed by atoms with Gasteiger partial charge in [-0.25, -0.2) is 0 Å². The quantitative estimate of drug-likeness (QED) is 0.295. The van der Waals surface area contributed by atoms with E-state index in [4.69, 9.17) is 4.74 Å². The van der Waals surface area contributed by atoms with Gasteiger partial charge in [0.2, 0.25) is 0 Å². The molecule has 0 aromatic heterocycles. The summed E-state index contributed by atoms with van der Waals surface area (Å²) in [4.78, 5) is 10.6. The van der Waals surface area contributed by atoms with Crippen LogP contribution in [-0.2, 0) is 9.53 Å². The molecule has 0 heterocycles. The lowest BCUT2D eigenvalue weighted by Crippen LogP contribution is -2.25. The summed E-state index contributed by atoms with van der Waals surface area (Å²) in [7, 11) is 0. The van der Waals surface area contributed by atoms with Crippen LogP contribution in [-0.4, -0.2) is 35.0 Å². The summed E-state index contributed by atoms with van der Waals surface area (Å²) < 4.78 is 4.89. The number of aliphatic hydroxyl groups is 2. The number of hydrogen-bond acceptors (Lipinski definition) is 4. The molecule has 0 aromatic carbocycles. The Labute approximate surface area is 149 Å². The van der Waals surface area contributed by atoms with Crippen molar-refractivity contribution in [3.8, 4) is 0 Å². The number of hydrogen-bond donors (Lipinski definition) is 2. The van der Waals surface area contributed by atoms with E-state index in [1.165, 1.54) is 32.6 Å². The molecule has 0 bridgehead atoms. The van der Waals surface area contributed by atoms with Crippen LogP contribution in [0.1, 0.15) is 104 Å². The van der Waals surface area contributed by atoms with Gasteiger partial charge in [0, 0.05) is 6.92 Å². The predicted octanol–water partition coefficient (Wildman–Crippen LogP) is 4.75. The molecule has 0 amide bonds. The van der Waals surface area contributed by atoms with Crippen molar-refractivity contribution < 1.29 is 19.7 Å². The van der Waals surface area contributed by atoms with Crippen LogP contribution in [0.5, 0.6) is 0 Å². The molecule has 4 nitrogen and oxygen atoms in total. The standard InChI is InChI=1S/C20H40O4/c1-3-4-5-6-9-12-15-19(22)20(23)16-13-10-7-8-11-14-17-24-18(2)21/h19-20,22-23H,3-17H2,1-2H3. The Morgan fingerprint density at radius 2 is 1.17 bits per heavy atom. The maximum absolute atomic E-state index is 10.6. The number of carbonyl (C=O) groups is 1. The molecule has 0 rings (SSSR count). The third-order valence-corrected chi connectivity index (χ3v) is 4.50. The maximum Gasteiger partial charge on any atom is 0.302 e. The largest absolute Gasteiger partial charge is 0.466 e.